The fourth-order valence-corrected chi connectivity index (χ4v) is 12.6. The molecule has 0 radical (unpaired) electrons. The zero-order chi connectivity index (χ0) is 62.6. The summed E-state index contributed by atoms with van der Waals surface area (Å²) in [5.41, 5.74) is 1.79. The second-order valence-electron chi connectivity index (χ2n) is 21.2. The van der Waals surface area contributed by atoms with Gasteiger partial charge in [-0.2, -0.15) is 0 Å². The first-order chi connectivity index (χ1) is 40.2. The van der Waals surface area contributed by atoms with Crippen LogP contribution < -0.4 is 18.9 Å². The Labute approximate surface area is 495 Å². The molecule has 6 atom stereocenters. The predicted octanol–water partition coefficient (Wildman–Crippen LogP) is 6.01. The van der Waals surface area contributed by atoms with Crippen molar-refractivity contribution in [2.75, 3.05) is 62.9 Å². The molecule has 4 bridgehead atoms. The third-order valence-corrected chi connectivity index (χ3v) is 17.1. The van der Waals surface area contributed by atoms with Crippen LogP contribution in [-0.2, 0) is 43.0 Å². The molecule has 2 fully saturated rings. The number of amides is 2. The first-order valence-electron chi connectivity index (χ1n) is 26.7. The van der Waals surface area contributed by atoms with Gasteiger partial charge in [-0.15, -0.1) is 0 Å². The topological polar surface area (TPSA) is 315 Å². The third-order valence-electron chi connectivity index (χ3n) is 17.1. The first kappa shape index (κ1) is 62.6. The van der Waals surface area contributed by atoms with Crippen LogP contribution in [0.15, 0.2) is 63.2 Å². The van der Waals surface area contributed by atoms with E-state index in [9.17, 15) is 63.9 Å². The molecule has 0 unspecified atom stereocenters. The molecule has 86 heavy (non-hydrogen) atoms. The normalized spacial score (nSPS) is 22.2. The number of aromatic hydroxyl groups is 5. The van der Waals surface area contributed by atoms with Gasteiger partial charge in [0.1, 0.15) is 42.5 Å². The quantitative estimate of drug-likeness (QED) is 0.0483. The summed E-state index contributed by atoms with van der Waals surface area (Å²) < 4.78 is 38.4. The van der Waals surface area contributed by atoms with Crippen molar-refractivity contribution in [1.29, 1.82) is 0 Å². The van der Waals surface area contributed by atoms with Crippen LogP contribution in [0.25, 0.3) is 6.08 Å². The molecule has 0 aromatic heterocycles. The molecule has 6 aliphatic heterocycles. The maximum atomic E-state index is 14.3. The average molecular weight is 1190 g/mol. The van der Waals surface area contributed by atoms with Crippen molar-refractivity contribution in [2.45, 2.75) is 99.1 Å². The fourth-order valence-electron chi connectivity index (χ4n) is 12.6. The summed E-state index contributed by atoms with van der Waals surface area (Å²) in [6.45, 7) is 11.6. The number of benzene rings is 3. The van der Waals surface area contributed by atoms with E-state index >= 15 is 0 Å². The molecular weight excluding hydrogens is 1120 g/mol. The summed E-state index contributed by atoms with van der Waals surface area (Å²) in [6, 6.07) is -7.19. The largest absolute Gasteiger partial charge is 0.507 e. The number of piperazine rings is 2. The van der Waals surface area contributed by atoms with Crippen molar-refractivity contribution in [3.05, 3.63) is 113 Å². The van der Waals surface area contributed by atoms with E-state index in [1.807, 2.05) is 0 Å². The van der Waals surface area contributed by atoms with E-state index in [0.29, 0.717) is 16.7 Å². The van der Waals surface area contributed by atoms with Crippen LogP contribution in [0, 0.1) is 20.8 Å². The minimum Gasteiger partial charge on any atom is -0.507 e. The maximum Gasteiger partial charge on any atom is 0.333 e. The molecule has 0 saturated carbocycles. The Morgan fingerprint density at radius 3 is 1.35 bits per heavy atom. The van der Waals surface area contributed by atoms with Gasteiger partial charge >= 0.3 is 11.9 Å². The molecular formula is C62H68N4O20. The van der Waals surface area contributed by atoms with E-state index in [2.05, 4.69) is 0 Å². The van der Waals surface area contributed by atoms with Crippen molar-refractivity contribution in [3.63, 3.8) is 0 Å². The summed E-state index contributed by atoms with van der Waals surface area (Å²) in [4.78, 5) is 114. The minimum atomic E-state index is -1.45. The van der Waals surface area contributed by atoms with Crippen molar-refractivity contribution >= 4 is 53.0 Å². The highest BCUT2D eigenvalue weighted by molar-refractivity contribution is 6.27. The molecule has 5 N–H and O–H groups in total. The number of carbonyl (C=O) groups is 8. The lowest BCUT2D eigenvalue weighted by Crippen LogP contribution is -2.65. The van der Waals surface area contributed by atoms with E-state index in [4.69, 9.17) is 33.2 Å². The maximum absolute atomic E-state index is 14.3. The number of allylic oxidation sites excluding steroid dienone is 6. The monoisotopic (exact) mass is 1190 g/mol. The lowest BCUT2D eigenvalue weighted by Gasteiger charge is -2.52. The van der Waals surface area contributed by atoms with Crippen LogP contribution in [0.4, 0.5) is 0 Å². The van der Waals surface area contributed by atoms with Crippen molar-refractivity contribution in [1.82, 2.24) is 19.6 Å². The van der Waals surface area contributed by atoms with E-state index in [1.54, 1.807) is 46.9 Å². The third kappa shape index (κ3) is 8.77. The highest BCUT2D eigenvalue weighted by Gasteiger charge is 2.60. The van der Waals surface area contributed by atoms with Crippen LogP contribution in [0.5, 0.6) is 51.7 Å². The van der Waals surface area contributed by atoms with Gasteiger partial charge in [0, 0.05) is 78.2 Å². The first-order valence-corrected chi connectivity index (χ1v) is 26.7. The molecule has 2 amide bonds. The number of likely N-dealkylation sites (N-methyl/N-ethyl adjacent to an activating group) is 2. The Balaban J connectivity index is 0.000000221. The number of carbonyl (C=O) groups excluding carboxylic acids is 8. The number of ketones is 4. The number of ether oxygens (including phenoxy) is 7. The second kappa shape index (κ2) is 22.9. The molecule has 456 valence electrons. The Morgan fingerprint density at radius 1 is 0.523 bits per heavy atom. The highest BCUT2D eigenvalue weighted by atomic mass is 16.5. The van der Waals surface area contributed by atoms with Crippen molar-refractivity contribution in [3.8, 4) is 51.7 Å². The molecule has 6 heterocycles. The summed E-state index contributed by atoms with van der Waals surface area (Å²) in [7, 11) is 9.77. The molecule has 3 aromatic rings. The lowest BCUT2D eigenvalue weighted by atomic mass is 9.75. The van der Waals surface area contributed by atoms with Gasteiger partial charge in [-0.3, -0.25) is 38.6 Å². The molecule has 7 aliphatic rings. The van der Waals surface area contributed by atoms with E-state index in [-0.39, 0.29) is 127 Å². The Hall–Kier alpha value is -9.42. The lowest BCUT2D eigenvalue weighted by molar-refractivity contribution is -0.148. The molecule has 10 rings (SSSR count). The van der Waals surface area contributed by atoms with Gasteiger partial charge in [0.15, 0.2) is 69.7 Å². The molecule has 3 aromatic carbocycles. The van der Waals surface area contributed by atoms with E-state index < -0.39 is 107 Å². The van der Waals surface area contributed by atoms with Gasteiger partial charge in [0.25, 0.3) is 11.8 Å². The number of rotatable bonds is 11. The summed E-state index contributed by atoms with van der Waals surface area (Å²) in [6.07, 6.45) is 6.08. The number of phenolic OH excluding ortho intramolecular Hbond substituents is 5. The molecule has 24 nitrogen and oxygen atoms in total. The standard InChI is InChI=1S/C31H34N2O10.C30H30N2O10.CH4/c1-9-12(2)31(39)43-11-17-18-15(23(34)13(3)28(41-7)29(18)42-8)10-16-21-19-20(24(35)14(4)27(40-6)26(19)37)25(36)22(32(21)5)30(38)33(16)17;1-8-11(2)30(39)42-10-16-17-14(22(33)12(3)27(40-6)25(17)36)9-15-20-18-19(23(34)13(4)28(41-7)26(18)37)24(35)21(31(20)5)29(38)32(15)16;/h9-10,17,21-22,34-35,37H,11H2,1-8H3;8-9,16,20-21,34,37H,10H2,1-7H3;1H4/b12-9-;11-8-;/t17-,21-,22-;16-,20-,21-;/m00./s1. The number of Topliss-reactive ketones (excluding diaryl/α,β-unsaturated/α-hetero) is 4. The van der Waals surface area contributed by atoms with Gasteiger partial charge in [-0.05, 0) is 81.6 Å². The number of fused-ring (bicyclic) bond motifs is 13. The smallest absolute Gasteiger partial charge is 0.333 e. The summed E-state index contributed by atoms with van der Waals surface area (Å²) in [5.74, 6) is -7.03. The van der Waals surface area contributed by atoms with Crippen molar-refractivity contribution < 1.29 is 97.0 Å². The predicted molar refractivity (Wildman–Crippen MR) is 306 cm³/mol. The second-order valence-corrected chi connectivity index (χ2v) is 21.2. The number of methoxy groups -OCH3 is 5. The molecule has 24 heteroatoms. The number of esters is 2. The van der Waals surface area contributed by atoms with E-state index in [1.165, 1.54) is 102 Å². The van der Waals surface area contributed by atoms with E-state index in [0.717, 1.165) is 0 Å². The van der Waals surface area contributed by atoms with Crippen LogP contribution >= 0.6 is 0 Å². The van der Waals surface area contributed by atoms with Crippen LogP contribution in [-0.4, -0.2) is 173 Å². The van der Waals surface area contributed by atoms with Crippen LogP contribution in [0.1, 0.15) is 120 Å². The Kier molecular flexibility index (Phi) is 16.7. The number of nitrogens with zero attached hydrogens (tertiary/aromatic N) is 4. The zero-order valence-corrected chi connectivity index (χ0v) is 49.3. The average Bonchev–Trinajstić information content (AvgIpc) is 0.806. The SMILES string of the molecule is C.C/C=C(/C)C(=O)OC[C@H]1C2=C(C=C3[C@H]4c5c(O)c(OC)c(C)c(O)c5C(=O)[C@@H](C(=O)N31)N4C)C(=O)C(C)=C(OC)C2=O.C/C=C(/C)C(=O)OC[C@H]1c2c(c(O)c(C)c(OC)c2OC)C=C2[C@H]3c4c(O)c(OC)c(C)c(O)c4C(=O)[C@@H](C(=O)N21)N3C. The highest BCUT2D eigenvalue weighted by Crippen LogP contribution is 2.60. The van der Waals surface area contributed by atoms with Crippen molar-refractivity contribution in [2.24, 2.45) is 0 Å². The summed E-state index contributed by atoms with van der Waals surface area (Å²) >= 11 is 0. The van der Waals surface area contributed by atoms with Gasteiger partial charge in [-0.1, -0.05) is 19.6 Å². The number of phenols is 5. The number of hydrogen-bond acceptors (Lipinski definition) is 22. The fraction of sp³-hybridized carbons (Fsp3) is 0.387. The minimum absolute atomic E-state index is 0. The van der Waals surface area contributed by atoms with Gasteiger partial charge in [-0.25, -0.2) is 9.59 Å². The Morgan fingerprint density at radius 2 is 0.930 bits per heavy atom. The zero-order valence-electron chi connectivity index (χ0n) is 49.3. The van der Waals surface area contributed by atoms with Gasteiger partial charge < -0.3 is 68.5 Å². The molecule has 0 spiro atoms. The van der Waals surface area contributed by atoms with Crippen LogP contribution in [0.2, 0.25) is 0 Å². The molecule has 1 aliphatic carbocycles. The van der Waals surface area contributed by atoms with Gasteiger partial charge in [0.2, 0.25) is 5.78 Å². The summed E-state index contributed by atoms with van der Waals surface area (Å²) in [5, 5.41) is 56.3. The van der Waals surface area contributed by atoms with Crippen LogP contribution in [0.3, 0.4) is 0 Å². The van der Waals surface area contributed by atoms with Gasteiger partial charge in [0.05, 0.1) is 58.8 Å². The Bertz CT molecular complexity index is 3790. The molecule has 2 saturated heterocycles. The number of hydrogen-bond donors (Lipinski definition) is 5.